The number of carboxylic acid groups (broad SMARTS) is 1. The highest BCUT2D eigenvalue weighted by Gasteiger charge is 2.34. The highest BCUT2D eigenvalue weighted by molar-refractivity contribution is 8.18. The Morgan fingerprint density at radius 2 is 1.71 bits per heavy atom. The molecule has 1 aromatic heterocycles. The summed E-state index contributed by atoms with van der Waals surface area (Å²) in [7, 11) is 1.60. The van der Waals surface area contributed by atoms with Gasteiger partial charge in [-0.1, -0.05) is 35.3 Å². The molecule has 0 saturated carbocycles. The molecule has 0 unspecified atom stereocenters. The van der Waals surface area contributed by atoms with Crippen molar-refractivity contribution in [2.75, 3.05) is 7.11 Å². The Kier molecular flexibility index (Phi) is 8.26. The van der Waals surface area contributed by atoms with E-state index in [1.807, 2.05) is 62.4 Å². The van der Waals surface area contributed by atoms with E-state index in [0.717, 1.165) is 28.2 Å². The van der Waals surface area contributed by atoms with E-state index in [9.17, 15) is 14.7 Å². The number of nitrogens with zero attached hydrogens (tertiary/aromatic N) is 3. The Labute approximate surface area is 251 Å². The molecule has 0 atom stereocenters. The first-order valence-electron chi connectivity index (χ1n) is 12.6. The third kappa shape index (κ3) is 6.05. The first-order valence-corrected chi connectivity index (χ1v) is 14.1. The number of aliphatic imine (C=N–C) groups is 1. The standard InChI is InChI=1S/C31H25Cl2N3O4S/c1-18-14-22(19(2)36(18)24-10-13-26(32)27(33)16-24)15-28-29(37)35(17-20-4-6-21(7-5-20)30(38)39)31(41-28)34-23-8-11-25(40-3)12-9-23/h4-16H,17H2,1-3H3,(H,38,39)/b28-15+,34-31?. The molecule has 1 amide bonds. The maximum Gasteiger partial charge on any atom is 0.335 e. The Morgan fingerprint density at radius 3 is 2.34 bits per heavy atom. The van der Waals surface area contributed by atoms with Gasteiger partial charge in [0.25, 0.3) is 5.91 Å². The van der Waals surface area contributed by atoms with E-state index < -0.39 is 5.97 Å². The average molecular weight is 607 g/mol. The molecule has 1 N–H and O–H groups in total. The first kappa shape index (κ1) is 28.5. The molecule has 5 rings (SSSR count). The van der Waals surface area contributed by atoms with Crippen LogP contribution in [0.25, 0.3) is 11.8 Å². The number of carbonyl (C=O) groups is 2. The topological polar surface area (TPSA) is 84.1 Å². The molecule has 41 heavy (non-hydrogen) atoms. The maximum absolute atomic E-state index is 13.7. The average Bonchev–Trinajstić information content (AvgIpc) is 3.40. The zero-order valence-corrected chi connectivity index (χ0v) is 24.7. The Balaban J connectivity index is 1.51. The highest BCUT2D eigenvalue weighted by Crippen LogP contribution is 2.37. The van der Waals surface area contributed by atoms with E-state index in [4.69, 9.17) is 32.9 Å². The van der Waals surface area contributed by atoms with Crippen molar-refractivity contribution in [1.82, 2.24) is 9.47 Å². The summed E-state index contributed by atoms with van der Waals surface area (Å²) in [5.41, 5.74) is 5.32. The Hall–Kier alpha value is -3.98. The molecular formula is C31H25Cl2N3O4S. The lowest BCUT2D eigenvalue weighted by molar-refractivity contribution is -0.122. The van der Waals surface area contributed by atoms with E-state index in [2.05, 4.69) is 4.57 Å². The molecule has 0 bridgehead atoms. The van der Waals surface area contributed by atoms with Gasteiger partial charge in [-0.05, 0) is 103 Å². The SMILES string of the molecule is COc1ccc(N=C2S/C(=C/c3cc(C)n(-c4ccc(Cl)c(Cl)c4)c3C)C(=O)N2Cc2ccc(C(=O)O)cc2)cc1. The highest BCUT2D eigenvalue weighted by atomic mass is 35.5. The lowest BCUT2D eigenvalue weighted by Gasteiger charge is -2.16. The second-order valence-electron chi connectivity index (χ2n) is 9.36. The number of hydrogen-bond donors (Lipinski definition) is 1. The fraction of sp³-hybridized carbons (Fsp3) is 0.129. The van der Waals surface area contributed by atoms with Gasteiger partial charge < -0.3 is 14.4 Å². The molecule has 3 aromatic carbocycles. The number of carbonyl (C=O) groups excluding carboxylic acids is 1. The van der Waals surface area contributed by atoms with Gasteiger partial charge in [-0.2, -0.15) is 0 Å². The fourth-order valence-corrected chi connectivity index (χ4v) is 5.81. The van der Waals surface area contributed by atoms with Crippen molar-refractivity contribution in [3.63, 3.8) is 0 Å². The van der Waals surface area contributed by atoms with Crippen LogP contribution in [0, 0.1) is 13.8 Å². The molecule has 10 heteroatoms. The van der Waals surface area contributed by atoms with Gasteiger partial charge >= 0.3 is 5.97 Å². The van der Waals surface area contributed by atoms with Crippen LogP contribution >= 0.6 is 35.0 Å². The normalized spacial score (nSPS) is 15.2. The predicted octanol–water partition coefficient (Wildman–Crippen LogP) is 7.91. The number of rotatable bonds is 7. The summed E-state index contributed by atoms with van der Waals surface area (Å²) in [4.78, 5) is 31.9. The number of hydrogen-bond acceptors (Lipinski definition) is 5. The summed E-state index contributed by atoms with van der Waals surface area (Å²) in [6, 6.07) is 21.2. The van der Waals surface area contributed by atoms with Crippen molar-refractivity contribution < 1.29 is 19.4 Å². The summed E-state index contributed by atoms with van der Waals surface area (Å²) in [6.45, 7) is 4.21. The smallest absolute Gasteiger partial charge is 0.335 e. The van der Waals surface area contributed by atoms with Gasteiger partial charge in [-0.3, -0.25) is 9.69 Å². The molecule has 0 aliphatic carbocycles. The number of amidine groups is 1. The van der Waals surface area contributed by atoms with Crippen molar-refractivity contribution in [3.05, 3.63) is 116 Å². The molecule has 2 heterocycles. The second kappa shape index (κ2) is 11.9. The number of aryl methyl sites for hydroxylation is 1. The van der Waals surface area contributed by atoms with E-state index in [1.165, 1.54) is 23.9 Å². The zero-order chi connectivity index (χ0) is 29.3. The number of methoxy groups -OCH3 is 1. The number of aromatic nitrogens is 1. The van der Waals surface area contributed by atoms with Gasteiger partial charge in [-0.15, -0.1) is 0 Å². The fourth-order valence-electron chi connectivity index (χ4n) is 4.53. The monoisotopic (exact) mass is 605 g/mol. The molecule has 1 aliphatic heterocycles. The summed E-state index contributed by atoms with van der Waals surface area (Å²) in [5.74, 6) is -0.490. The third-order valence-electron chi connectivity index (χ3n) is 6.65. The van der Waals surface area contributed by atoms with Crippen LogP contribution in [0.15, 0.2) is 82.7 Å². The molecule has 0 radical (unpaired) electrons. The molecule has 1 fully saturated rings. The Morgan fingerprint density at radius 1 is 1.00 bits per heavy atom. The van der Waals surface area contributed by atoms with Crippen molar-refractivity contribution in [1.29, 1.82) is 0 Å². The van der Waals surface area contributed by atoms with Crippen molar-refractivity contribution >= 4 is 63.8 Å². The molecule has 1 saturated heterocycles. The minimum atomic E-state index is -1.00. The molecule has 4 aromatic rings. The summed E-state index contributed by atoms with van der Waals surface area (Å²) in [5, 5.41) is 10.7. The van der Waals surface area contributed by atoms with Gasteiger partial charge in [-0.25, -0.2) is 9.79 Å². The van der Waals surface area contributed by atoms with Gasteiger partial charge in [0, 0.05) is 17.1 Å². The van der Waals surface area contributed by atoms with Crippen LogP contribution in [0.5, 0.6) is 5.75 Å². The number of ether oxygens (including phenoxy) is 1. The van der Waals surface area contributed by atoms with E-state index >= 15 is 0 Å². The molecule has 1 aliphatic rings. The van der Waals surface area contributed by atoms with E-state index in [0.29, 0.717) is 31.6 Å². The number of amides is 1. The number of halogens is 2. The zero-order valence-electron chi connectivity index (χ0n) is 22.4. The summed E-state index contributed by atoms with van der Waals surface area (Å²) < 4.78 is 7.31. The second-order valence-corrected chi connectivity index (χ2v) is 11.2. The van der Waals surface area contributed by atoms with Gasteiger partial charge in [0.15, 0.2) is 5.17 Å². The van der Waals surface area contributed by atoms with Crippen LogP contribution in [0.2, 0.25) is 10.0 Å². The minimum Gasteiger partial charge on any atom is -0.497 e. The van der Waals surface area contributed by atoms with Crippen LogP contribution in [0.3, 0.4) is 0 Å². The van der Waals surface area contributed by atoms with Crippen LogP contribution in [0.4, 0.5) is 5.69 Å². The van der Waals surface area contributed by atoms with E-state index in [1.54, 1.807) is 30.2 Å². The molecule has 0 spiro atoms. The van der Waals surface area contributed by atoms with Crippen LogP contribution in [0.1, 0.15) is 32.9 Å². The first-order chi connectivity index (χ1) is 19.6. The van der Waals surface area contributed by atoms with Gasteiger partial charge in [0.05, 0.1) is 39.9 Å². The largest absolute Gasteiger partial charge is 0.497 e. The molecular weight excluding hydrogens is 581 g/mol. The van der Waals surface area contributed by atoms with Crippen LogP contribution in [-0.2, 0) is 11.3 Å². The number of carboxylic acids is 1. The van der Waals surface area contributed by atoms with Crippen molar-refractivity contribution in [2.24, 2.45) is 4.99 Å². The number of thioether (sulfide) groups is 1. The number of aromatic carboxylic acids is 1. The maximum atomic E-state index is 13.7. The quantitative estimate of drug-likeness (QED) is 0.216. The molecule has 208 valence electrons. The van der Waals surface area contributed by atoms with Crippen molar-refractivity contribution in [3.8, 4) is 11.4 Å². The molecule has 7 nitrogen and oxygen atoms in total. The Bertz CT molecular complexity index is 1710. The summed E-state index contributed by atoms with van der Waals surface area (Å²) in [6.07, 6.45) is 1.88. The minimum absolute atomic E-state index is 0.181. The van der Waals surface area contributed by atoms with Gasteiger partial charge in [0.2, 0.25) is 0 Å². The summed E-state index contributed by atoms with van der Waals surface area (Å²) >= 11 is 13.7. The predicted molar refractivity (Wildman–Crippen MR) is 165 cm³/mol. The lowest BCUT2D eigenvalue weighted by atomic mass is 10.1. The van der Waals surface area contributed by atoms with Gasteiger partial charge in [0.1, 0.15) is 5.75 Å². The third-order valence-corrected chi connectivity index (χ3v) is 8.39. The number of benzene rings is 3. The van der Waals surface area contributed by atoms with Crippen LogP contribution < -0.4 is 4.74 Å². The van der Waals surface area contributed by atoms with Crippen molar-refractivity contribution in [2.45, 2.75) is 20.4 Å². The van der Waals surface area contributed by atoms with E-state index in [-0.39, 0.29) is 18.0 Å². The lowest BCUT2D eigenvalue weighted by Crippen LogP contribution is -2.28. The van der Waals surface area contributed by atoms with Crippen LogP contribution in [-0.4, -0.2) is 38.7 Å².